The van der Waals surface area contributed by atoms with Crippen LogP contribution in [0, 0.1) is 17.7 Å². The smallest absolute Gasteiger partial charge is 0.143 e. The van der Waals surface area contributed by atoms with Crippen LogP contribution in [0.1, 0.15) is 50.7 Å². The SMILES string of the molecule is CCC1CCCC(C(O)c2cccc(Br)c2F)C1. The van der Waals surface area contributed by atoms with Crippen molar-refractivity contribution >= 4 is 15.9 Å². The van der Waals surface area contributed by atoms with Gasteiger partial charge in [0.05, 0.1) is 10.6 Å². The fourth-order valence-electron chi connectivity index (χ4n) is 2.99. The minimum absolute atomic E-state index is 0.201. The number of hydrogen-bond donors (Lipinski definition) is 1. The van der Waals surface area contributed by atoms with Crippen LogP contribution in [-0.4, -0.2) is 5.11 Å². The first-order valence-electron chi connectivity index (χ1n) is 6.75. The van der Waals surface area contributed by atoms with Crippen molar-refractivity contribution in [3.8, 4) is 0 Å². The van der Waals surface area contributed by atoms with Gasteiger partial charge in [0.2, 0.25) is 0 Å². The largest absolute Gasteiger partial charge is 0.388 e. The van der Waals surface area contributed by atoms with Crippen LogP contribution in [0.3, 0.4) is 0 Å². The van der Waals surface area contributed by atoms with Crippen molar-refractivity contribution in [1.82, 2.24) is 0 Å². The fourth-order valence-corrected chi connectivity index (χ4v) is 3.37. The lowest BCUT2D eigenvalue weighted by Gasteiger charge is -2.32. The molecule has 1 aliphatic rings. The quantitative estimate of drug-likeness (QED) is 0.846. The van der Waals surface area contributed by atoms with Gasteiger partial charge in [0.25, 0.3) is 0 Å². The van der Waals surface area contributed by atoms with Gasteiger partial charge in [-0.2, -0.15) is 0 Å². The first-order valence-corrected chi connectivity index (χ1v) is 7.54. The van der Waals surface area contributed by atoms with Crippen molar-refractivity contribution in [2.75, 3.05) is 0 Å². The number of halogens is 2. The summed E-state index contributed by atoms with van der Waals surface area (Å²) in [6, 6.07) is 5.15. The van der Waals surface area contributed by atoms with Crippen molar-refractivity contribution < 1.29 is 9.50 Å². The summed E-state index contributed by atoms with van der Waals surface area (Å²) in [4.78, 5) is 0. The van der Waals surface area contributed by atoms with Gasteiger partial charge < -0.3 is 5.11 Å². The Balaban J connectivity index is 2.15. The summed E-state index contributed by atoms with van der Waals surface area (Å²) in [6.45, 7) is 2.19. The Kier molecular flexibility index (Phi) is 4.79. The molecule has 3 heteroatoms. The first-order chi connectivity index (χ1) is 8.63. The average Bonchev–Trinajstić information content (AvgIpc) is 2.41. The summed E-state index contributed by atoms with van der Waals surface area (Å²) in [5.41, 5.74) is 0.436. The number of hydrogen-bond acceptors (Lipinski definition) is 1. The zero-order valence-corrected chi connectivity index (χ0v) is 12.3. The van der Waals surface area contributed by atoms with Crippen LogP contribution in [0.15, 0.2) is 22.7 Å². The third-order valence-electron chi connectivity index (χ3n) is 4.15. The van der Waals surface area contributed by atoms with Gasteiger partial charge in [0, 0.05) is 5.56 Å². The molecule has 1 aromatic rings. The van der Waals surface area contributed by atoms with Crippen LogP contribution < -0.4 is 0 Å². The van der Waals surface area contributed by atoms with E-state index in [9.17, 15) is 9.50 Å². The summed E-state index contributed by atoms with van der Waals surface area (Å²) in [5.74, 6) is 0.574. The molecule has 1 aromatic carbocycles. The van der Waals surface area contributed by atoms with E-state index in [0.29, 0.717) is 16.0 Å². The highest BCUT2D eigenvalue weighted by Gasteiger charge is 2.29. The molecule has 2 rings (SSSR count). The van der Waals surface area contributed by atoms with Gasteiger partial charge in [-0.3, -0.25) is 0 Å². The lowest BCUT2D eigenvalue weighted by molar-refractivity contribution is 0.0649. The molecule has 1 fully saturated rings. The molecule has 100 valence electrons. The average molecular weight is 315 g/mol. The van der Waals surface area contributed by atoms with E-state index < -0.39 is 6.10 Å². The van der Waals surface area contributed by atoms with Gasteiger partial charge in [0.1, 0.15) is 5.82 Å². The fraction of sp³-hybridized carbons (Fsp3) is 0.600. The second-order valence-electron chi connectivity index (χ2n) is 5.29. The minimum atomic E-state index is -0.670. The molecule has 1 saturated carbocycles. The third-order valence-corrected chi connectivity index (χ3v) is 4.76. The Morgan fingerprint density at radius 3 is 2.94 bits per heavy atom. The lowest BCUT2D eigenvalue weighted by Crippen LogP contribution is -2.22. The Morgan fingerprint density at radius 1 is 1.44 bits per heavy atom. The Bertz CT molecular complexity index is 407. The minimum Gasteiger partial charge on any atom is -0.388 e. The highest BCUT2D eigenvalue weighted by Crippen LogP contribution is 2.39. The highest BCUT2D eigenvalue weighted by atomic mass is 79.9. The Morgan fingerprint density at radius 2 is 2.22 bits per heavy atom. The number of benzene rings is 1. The van der Waals surface area contributed by atoms with Gasteiger partial charge in [-0.05, 0) is 46.7 Å². The molecule has 18 heavy (non-hydrogen) atoms. The molecule has 3 unspecified atom stereocenters. The van der Waals surface area contributed by atoms with Gasteiger partial charge in [-0.15, -0.1) is 0 Å². The number of aliphatic hydroxyl groups excluding tert-OH is 1. The van der Waals surface area contributed by atoms with Crippen molar-refractivity contribution in [3.63, 3.8) is 0 Å². The predicted molar refractivity (Wildman–Crippen MR) is 74.8 cm³/mol. The maximum Gasteiger partial charge on any atom is 0.143 e. The number of rotatable bonds is 3. The van der Waals surface area contributed by atoms with E-state index in [0.717, 1.165) is 25.7 Å². The second kappa shape index (κ2) is 6.16. The predicted octanol–water partition coefficient (Wildman–Crippen LogP) is 4.84. The molecular formula is C15H20BrFO. The van der Waals surface area contributed by atoms with Gasteiger partial charge in [-0.25, -0.2) is 4.39 Å². The summed E-state index contributed by atoms with van der Waals surface area (Å²) in [7, 11) is 0. The van der Waals surface area contributed by atoms with Crippen molar-refractivity contribution in [2.24, 2.45) is 11.8 Å². The van der Waals surface area contributed by atoms with Crippen molar-refractivity contribution in [1.29, 1.82) is 0 Å². The van der Waals surface area contributed by atoms with E-state index in [1.54, 1.807) is 18.2 Å². The van der Waals surface area contributed by atoms with E-state index in [1.807, 2.05) is 0 Å². The van der Waals surface area contributed by atoms with E-state index in [-0.39, 0.29) is 11.7 Å². The van der Waals surface area contributed by atoms with E-state index in [4.69, 9.17) is 0 Å². The normalized spacial score (nSPS) is 26.0. The maximum absolute atomic E-state index is 14.0. The molecule has 0 radical (unpaired) electrons. The Labute approximate surface area is 117 Å². The van der Waals surface area contributed by atoms with E-state index in [2.05, 4.69) is 22.9 Å². The van der Waals surface area contributed by atoms with Crippen LogP contribution in [0.5, 0.6) is 0 Å². The van der Waals surface area contributed by atoms with Crippen LogP contribution in [0.25, 0.3) is 0 Å². The first kappa shape index (κ1) is 14.0. The highest BCUT2D eigenvalue weighted by molar-refractivity contribution is 9.10. The molecule has 0 spiro atoms. The summed E-state index contributed by atoms with van der Waals surface area (Å²) >= 11 is 3.18. The van der Waals surface area contributed by atoms with Crippen LogP contribution in [-0.2, 0) is 0 Å². The molecule has 0 heterocycles. The van der Waals surface area contributed by atoms with Crippen LogP contribution >= 0.6 is 15.9 Å². The molecule has 1 aliphatic carbocycles. The summed E-state index contributed by atoms with van der Waals surface area (Å²) in [5, 5.41) is 10.4. The van der Waals surface area contributed by atoms with Crippen LogP contribution in [0.2, 0.25) is 0 Å². The monoisotopic (exact) mass is 314 g/mol. The molecule has 3 atom stereocenters. The van der Waals surface area contributed by atoms with Crippen molar-refractivity contribution in [3.05, 3.63) is 34.1 Å². The Hall–Kier alpha value is -0.410. The van der Waals surface area contributed by atoms with Gasteiger partial charge in [-0.1, -0.05) is 38.3 Å². The summed E-state index contributed by atoms with van der Waals surface area (Å²) < 4.78 is 14.4. The molecule has 1 N–H and O–H groups in total. The molecule has 1 nitrogen and oxygen atoms in total. The topological polar surface area (TPSA) is 20.2 Å². The molecule has 0 bridgehead atoms. The second-order valence-corrected chi connectivity index (χ2v) is 6.14. The maximum atomic E-state index is 14.0. The summed E-state index contributed by atoms with van der Waals surface area (Å²) in [6.07, 6.45) is 4.91. The van der Waals surface area contributed by atoms with E-state index >= 15 is 0 Å². The molecule has 0 aromatic heterocycles. The number of aliphatic hydroxyl groups is 1. The zero-order chi connectivity index (χ0) is 13.1. The lowest BCUT2D eigenvalue weighted by atomic mass is 9.76. The van der Waals surface area contributed by atoms with Gasteiger partial charge in [0.15, 0.2) is 0 Å². The van der Waals surface area contributed by atoms with Crippen LogP contribution in [0.4, 0.5) is 4.39 Å². The molecule has 0 saturated heterocycles. The van der Waals surface area contributed by atoms with E-state index in [1.165, 1.54) is 6.42 Å². The van der Waals surface area contributed by atoms with Gasteiger partial charge >= 0.3 is 0 Å². The van der Waals surface area contributed by atoms with Crippen molar-refractivity contribution in [2.45, 2.75) is 45.1 Å². The molecular weight excluding hydrogens is 295 g/mol. The molecule has 0 amide bonds. The molecule has 0 aliphatic heterocycles. The standard InChI is InChI=1S/C15H20BrFO/c1-2-10-5-3-6-11(9-10)15(18)12-7-4-8-13(16)14(12)17/h4,7-8,10-11,15,18H,2-3,5-6,9H2,1H3. The zero-order valence-electron chi connectivity index (χ0n) is 10.7. The third kappa shape index (κ3) is 2.94.